The highest BCUT2D eigenvalue weighted by Crippen LogP contribution is 2.34. The fraction of sp³-hybridized carbons (Fsp3) is 0.267. The molecule has 1 aliphatic heterocycles. The number of nitrogens with zero attached hydrogens (tertiary/aromatic N) is 1. The minimum atomic E-state index is 0.159. The number of carbonyl (C=O) groups excluding carboxylic acids is 1. The molecule has 1 saturated heterocycles. The highest BCUT2D eigenvalue weighted by molar-refractivity contribution is 14.1. The monoisotopic (exact) mass is 383 g/mol. The number of thiophene rings is 1. The molecule has 2 heterocycles. The van der Waals surface area contributed by atoms with Crippen LogP contribution in [-0.2, 0) is 0 Å². The molecule has 0 radical (unpaired) electrons. The Kier molecular flexibility index (Phi) is 3.88. The van der Waals surface area contributed by atoms with Gasteiger partial charge in [0.25, 0.3) is 5.91 Å². The van der Waals surface area contributed by atoms with Crippen molar-refractivity contribution < 1.29 is 4.79 Å². The first-order chi connectivity index (χ1) is 9.25. The van der Waals surface area contributed by atoms with Gasteiger partial charge >= 0.3 is 0 Å². The molecule has 1 aromatic heterocycles. The molecule has 1 atom stereocenters. The van der Waals surface area contributed by atoms with E-state index in [0.29, 0.717) is 0 Å². The molecule has 0 spiro atoms. The summed E-state index contributed by atoms with van der Waals surface area (Å²) in [5.41, 5.74) is 2.08. The van der Waals surface area contributed by atoms with Gasteiger partial charge in [-0.3, -0.25) is 4.79 Å². The van der Waals surface area contributed by atoms with E-state index >= 15 is 0 Å². The van der Waals surface area contributed by atoms with Crippen molar-refractivity contribution >= 4 is 39.8 Å². The first-order valence-electron chi connectivity index (χ1n) is 6.34. The molecule has 1 amide bonds. The average molecular weight is 383 g/mol. The van der Waals surface area contributed by atoms with Crippen LogP contribution >= 0.6 is 33.9 Å². The van der Waals surface area contributed by atoms with Crippen LogP contribution in [0.1, 0.15) is 34.8 Å². The molecule has 0 aliphatic carbocycles. The molecule has 1 aliphatic rings. The van der Waals surface area contributed by atoms with E-state index in [-0.39, 0.29) is 11.9 Å². The highest BCUT2D eigenvalue weighted by atomic mass is 127. The van der Waals surface area contributed by atoms with E-state index in [1.807, 2.05) is 29.2 Å². The Bertz CT molecular complexity index is 582. The topological polar surface area (TPSA) is 20.3 Å². The van der Waals surface area contributed by atoms with Crippen LogP contribution in [0.3, 0.4) is 0 Å². The van der Waals surface area contributed by atoms with Crippen molar-refractivity contribution in [1.82, 2.24) is 4.90 Å². The lowest BCUT2D eigenvalue weighted by Gasteiger charge is -2.24. The SMILES string of the molecule is O=C(c1cccc(I)c1)N1CCC[C@H]1c1ccsc1. The summed E-state index contributed by atoms with van der Waals surface area (Å²) in [5, 5.41) is 4.24. The zero-order valence-corrected chi connectivity index (χ0v) is 13.4. The minimum absolute atomic E-state index is 0.159. The standard InChI is InChI=1S/C15H14INOS/c16-13-4-1-3-11(9-13)15(18)17-7-2-5-14(17)12-6-8-19-10-12/h1,3-4,6,8-10,14H,2,5,7H2/t14-/m0/s1. The van der Waals surface area contributed by atoms with Crippen molar-refractivity contribution in [3.8, 4) is 0 Å². The second-order valence-electron chi connectivity index (χ2n) is 4.72. The molecule has 1 aromatic carbocycles. The molecule has 98 valence electrons. The van der Waals surface area contributed by atoms with Gasteiger partial charge in [0.05, 0.1) is 6.04 Å². The fourth-order valence-electron chi connectivity index (χ4n) is 2.61. The number of rotatable bonds is 2. The van der Waals surface area contributed by atoms with Crippen LogP contribution in [0.15, 0.2) is 41.1 Å². The largest absolute Gasteiger partial charge is 0.332 e. The summed E-state index contributed by atoms with van der Waals surface area (Å²) in [7, 11) is 0. The van der Waals surface area contributed by atoms with Gasteiger partial charge in [0, 0.05) is 15.7 Å². The number of carbonyl (C=O) groups is 1. The minimum Gasteiger partial charge on any atom is -0.332 e. The van der Waals surface area contributed by atoms with Gasteiger partial charge in [-0.1, -0.05) is 6.07 Å². The summed E-state index contributed by atoms with van der Waals surface area (Å²) in [6, 6.07) is 10.2. The second kappa shape index (κ2) is 5.63. The predicted octanol–water partition coefficient (Wildman–Crippen LogP) is 4.33. The maximum Gasteiger partial charge on any atom is 0.254 e. The first-order valence-corrected chi connectivity index (χ1v) is 8.36. The van der Waals surface area contributed by atoms with Gasteiger partial charge in [-0.2, -0.15) is 11.3 Å². The summed E-state index contributed by atoms with van der Waals surface area (Å²) < 4.78 is 1.11. The summed E-state index contributed by atoms with van der Waals surface area (Å²) in [5.74, 6) is 0.159. The van der Waals surface area contributed by atoms with E-state index in [9.17, 15) is 4.79 Å². The van der Waals surface area contributed by atoms with Crippen LogP contribution in [-0.4, -0.2) is 17.4 Å². The van der Waals surface area contributed by atoms with Crippen molar-refractivity contribution in [3.05, 3.63) is 55.8 Å². The Labute approximate surface area is 130 Å². The smallest absolute Gasteiger partial charge is 0.254 e. The first kappa shape index (κ1) is 13.1. The fourth-order valence-corrected chi connectivity index (χ4v) is 3.86. The van der Waals surface area contributed by atoms with Crippen LogP contribution in [0.2, 0.25) is 0 Å². The van der Waals surface area contributed by atoms with Crippen molar-refractivity contribution in [3.63, 3.8) is 0 Å². The molecular formula is C15H14INOS. The quantitative estimate of drug-likeness (QED) is 0.707. The second-order valence-corrected chi connectivity index (χ2v) is 6.75. The highest BCUT2D eigenvalue weighted by Gasteiger charge is 2.30. The van der Waals surface area contributed by atoms with Crippen LogP contribution in [0.4, 0.5) is 0 Å². The molecule has 4 heteroatoms. The van der Waals surface area contributed by atoms with Gasteiger partial charge in [-0.25, -0.2) is 0 Å². The Hall–Kier alpha value is -0.880. The molecule has 2 aromatic rings. The third-order valence-corrected chi connectivity index (χ3v) is 4.89. The van der Waals surface area contributed by atoms with E-state index < -0.39 is 0 Å². The number of benzene rings is 1. The van der Waals surface area contributed by atoms with E-state index in [1.165, 1.54) is 5.56 Å². The van der Waals surface area contributed by atoms with Crippen LogP contribution < -0.4 is 0 Å². The third-order valence-electron chi connectivity index (χ3n) is 3.51. The molecule has 19 heavy (non-hydrogen) atoms. The van der Waals surface area contributed by atoms with Gasteiger partial charge in [0.2, 0.25) is 0 Å². The zero-order valence-electron chi connectivity index (χ0n) is 10.4. The number of hydrogen-bond donors (Lipinski definition) is 0. The van der Waals surface area contributed by atoms with E-state index in [2.05, 4.69) is 39.4 Å². The Morgan fingerprint density at radius 3 is 3.00 bits per heavy atom. The van der Waals surface area contributed by atoms with E-state index in [0.717, 1.165) is 28.5 Å². The van der Waals surface area contributed by atoms with Crippen molar-refractivity contribution in [1.29, 1.82) is 0 Å². The molecular weight excluding hydrogens is 369 g/mol. The summed E-state index contributed by atoms with van der Waals surface area (Å²) in [6.45, 7) is 0.866. The van der Waals surface area contributed by atoms with Gasteiger partial charge < -0.3 is 4.90 Å². The van der Waals surface area contributed by atoms with Crippen LogP contribution in [0.25, 0.3) is 0 Å². The molecule has 0 bridgehead atoms. The van der Waals surface area contributed by atoms with Crippen molar-refractivity contribution in [2.45, 2.75) is 18.9 Å². The van der Waals surface area contributed by atoms with E-state index in [4.69, 9.17) is 0 Å². The zero-order chi connectivity index (χ0) is 13.2. The van der Waals surface area contributed by atoms with Crippen LogP contribution in [0, 0.1) is 3.57 Å². The Morgan fingerprint density at radius 1 is 1.37 bits per heavy atom. The third kappa shape index (κ3) is 2.69. The van der Waals surface area contributed by atoms with Crippen molar-refractivity contribution in [2.75, 3.05) is 6.54 Å². The van der Waals surface area contributed by atoms with Gasteiger partial charge in [0.1, 0.15) is 0 Å². The lowest BCUT2D eigenvalue weighted by Crippen LogP contribution is -2.30. The van der Waals surface area contributed by atoms with Crippen molar-refractivity contribution in [2.24, 2.45) is 0 Å². The summed E-state index contributed by atoms with van der Waals surface area (Å²) in [4.78, 5) is 14.7. The number of amides is 1. The molecule has 0 N–H and O–H groups in total. The number of hydrogen-bond acceptors (Lipinski definition) is 2. The van der Waals surface area contributed by atoms with Crippen LogP contribution in [0.5, 0.6) is 0 Å². The van der Waals surface area contributed by atoms with Gasteiger partial charge in [-0.15, -0.1) is 0 Å². The molecule has 1 fully saturated rings. The Morgan fingerprint density at radius 2 is 2.26 bits per heavy atom. The molecule has 0 saturated carbocycles. The predicted molar refractivity (Wildman–Crippen MR) is 86.5 cm³/mol. The molecule has 2 nitrogen and oxygen atoms in total. The average Bonchev–Trinajstić information content (AvgIpc) is 3.08. The molecule has 3 rings (SSSR count). The summed E-state index contributed by atoms with van der Waals surface area (Å²) in [6.07, 6.45) is 2.17. The van der Waals surface area contributed by atoms with Gasteiger partial charge in [-0.05, 0) is 76.0 Å². The van der Waals surface area contributed by atoms with E-state index in [1.54, 1.807) is 11.3 Å². The number of likely N-dealkylation sites (tertiary alicyclic amines) is 1. The lowest BCUT2D eigenvalue weighted by molar-refractivity contribution is 0.0736. The lowest BCUT2D eigenvalue weighted by atomic mass is 10.1. The summed E-state index contributed by atoms with van der Waals surface area (Å²) >= 11 is 3.95. The molecule has 0 unspecified atom stereocenters. The maximum atomic E-state index is 12.6. The maximum absolute atomic E-state index is 12.6. The number of halogens is 1. The van der Waals surface area contributed by atoms with Gasteiger partial charge in [0.15, 0.2) is 0 Å². The normalized spacial score (nSPS) is 18.8. The Balaban J connectivity index is 1.87.